The molecule has 0 bridgehead atoms. The summed E-state index contributed by atoms with van der Waals surface area (Å²) in [5.74, 6) is 1.04. The molecule has 0 spiro atoms. The number of amides is 2. The molecule has 1 fully saturated rings. The Bertz CT molecular complexity index is 1120. The van der Waals surface area contributed by atoms with Crippen LogP contribution in [0.3, 0.4) is 0 Å². The molecule has 1 saturated heterocycles. The Labute approximate surface area is 193 Å². The SMILES string of the molecule is O=C1CCc2cc(OCCCC(=O)N3CCN(Cc4cn5ccccc5n4)CC3)ccc2N1. The summed E-state index contributed by atoms with van der Waals surface area (Å²) in [7, 11) is 0. The number of hydrogen-bond donors (Lipinski definition) is 1. The van der Waals surface area contributed by atoms with E-state index < -0.39 is 0 Å². The summed E-state index contributed by atoms with van der Waals surface area (Å²) in [6.45, 7) is 4.55. The molecule has 4 heterocycles. The summed E-state index contributed by atoms with van der Waals surface area (Å²) in [5.41, 5.74) is 3.99. The van der Waals surface area contributed by atoms with Gasteiger partial charge in [0.15, 0.2) is 0 Å². The van der Waals surface area contributed by atoms with Crippen molar-refractivity contribution in [2.45, 2.75) is 32.2 Å². The number of nitrogens with zero attached hydrogens (tertiary/aromatic N) is 4. The predicted molar refractivity (Wildman–Crippen MR) is 125 cm³/mol. The molecule has 3 aromatic rings. The van der Waals surface area contributed by atoms with Crippen molar-refractivity contribution in [2.24, 2.45) is 0 Å². The minimum absolute atomic E-state index is 0.0608. The van der Waals surface area contributed by atoms with E-state index in [2.05, 4.69) is 21.4 Å². The van der Waals surface area contributed by atoms with Gasteiger partial charge in [0.2, 0.25) is 11.8 Å². The molecule has 0 aliphatic carbocycles. The standard InChI is InChI=1S/C25H29N5O3/c31-24-9-6-19-16-21(7-8-22(19)27-24)33-15-3-5-25(32)29-13-11-28(12-14-29)17-20-18-30-10-2-1-4-23(30)26-20/h1-2,4,7-8,10,16,18H,3,5-6,9,11-15,17H2,(H,27,31). The summed E-state index contributed by atoms with van der Waals surface area (Å²) >= 11 is 0. The summed E-state index contributed by atoms with van der Waals surface area (Å²) < 4.78 is 7.89. The number of aryl methyl sites for hydroxylation is 1. The van der Waals surface area contributed by atoms with Gasteiger partial charge in [0.05, 0.1) is 12.3 Å². The first kappa shape index (κ1) is 21.5. The monoisotopic (exact) mass is 447 g/mol. The fourth-order valence-corrected chi connectivity index (χ4v) is 4.47. The van der Waals surface area contributed by atoms with E-state index in [9.17, 15) is 9.59 Å². The molecule has 5 rings (SSSR count). The van der Waals surface area contributed by atoms with Crippen LogP contribution in [0.25, 0.3) is 5.65 Å². The number of hydrogen-bond acceptors (Lipinski definition) is 5. The molecule has 8 nitrogen and oxygen atoms in total. The van der Waals surface area contributed by atoms with Crippen LogP contribution < -0.4 is 10.1 Å². The van der Waals surface area contributed by atoms with Gasteiger partial charge in [-0.1, -0.05) is 6.07 Å². The smallest absolute Gasteiger partial charge is 0.224 e. The zero-order valence-corrected chi connectivity index (χ0v) is 18.7. The molecule has 0 saturated carbocycles. The summed E-state index contributed by atoms with van der Waals surface area (Å²) in [6.07, 6.45) is 6.52. The Kier molecular flexibility index (Phi) is 6.26. The van der Waals surface area contributed by atoms with Crippen LogP contribution in [0.2, 0.25) is 0 Å². The van der Waals surface area contributed by atoms with E-state index in [1.54, 1.807) is 0 Å². The van der Waals surface area contributed by atoms with Crippen LogP contribution in [-0.2, 0) is 22.6 Å². The van der Waals surface area contributed by atoms with Crippen molar-refractivity contribution in [3.05, 3.63) is 60.0 Å². The van der Waals surface area contributed by atoms with Crippen molar-refractivity contribution in [3.63, 3.8) is 0 Å². The minimum atomic E-state index is 0.0608. The summed E-state index contributed by atoms with van der Waals surface area (Å²) in [4.78, 5) is 33.1. The van der Waals surface area contributed by atoms with Gasteiger partial charge in [-0.3, -0.25) is 14.5 Å². The number of nitrogens with one attached hydrogen (secondary N) is 1. The summed E-state index contributed by atoms with van der Waals surface area (Å²) in [5, 5.41) is 2.88. The molecule has 1 N–H and O–H groups in total. The Balaban J connectivity index is 1.02. The van der Waals surface area contributed by atoms with Gasteiger partial charge in [0, 0.05) is 63.6 Å². The maximum absolute atomic E-state index is 12.6. The second-order valence-electron chi connectivity index (χ2n) is 8.67. The van der Waals surface area contributed by atoms with E-state index in [4.69, 9.17) is 4.74 Å². The lowest BCUT2D eigenvalue weighted by molar-refractivity contribution is -0.133. The lowest BCUT2D eigenvalue weighted by Crippen LogP contribution is -2.48. The number of carbonyl (C=O) groups is 2. The van der Waals surface area contributed by atoms with Gasteiger partial charge in [-0.15, -0.1) is 0 Å². The maximum atomic E-state index is 12.6. The Morgan fingerprint density at radius 2 is 1.97 bits per heavy atom. The molecule has 0 atom stereocenters. The Morgan fingerprint density at radius 3 is 2.82 bits per heavy atom. The van der Waals surface area contributed by atoms with Gasteiger partial charge < -0.3 is 19.4 Å². The molecular formula is C25H29N5O3. The molecule has 8 heteroatoms. The fourth-order valence-electron chi connectivity index (χ4n) is 4.47. The lowest BCUT2D eigenvalue weighted by atomic mass is 10.0. The second kappa shape index (κ2) is 9.62. The van der Waals surface area contributed by atoms with Crippen molar-refractivity contribution in [1.82, 2.24) is 19.2 Å². The van der Waals surface area contributed by atoms with Gasteiger partial charge in [0.1, 0.15) is 11.4 Å². The Hall–Kier alpha value is -3.39. The molecule has 1 aromatic carbocycles. The molecular weight excluding hydrogens is 418 g/mol. The first-order chi connectivity index (χ1) is 16.1. The van der Waals surface area contributed by atoms with Crippen LogP contribution in [0.15, 0.2) is 48.8 Å². The average Bonchev–Trinajstić information content (AvgIpc) is 3.24. The number of rotatable bonds is 7. The van der Waals surface area contributed by atoms with Crippen LogP contribution in [0.5, 0.6) is 5.75 Å². The molecule has 33 heavy (non-hydrogen) atoms. The highest BCUT2D eigenvalue weighted by Gasteiger charge is 2.21. The van der Waals surface area contributed by atoms with E-state index in [0.717, 1.165) is 67.5 Å². The van der Waals surface area contributed by atoms with Gasteiger partial charge in [-0.2, -0.15) is 0 Å². The summed E-state index contributed by atoms with van der Waals surface area (Å²) in [6, 6.07) is 11.7. The van der Waals surface area contributed by atoms with Gasteiger partial charge in [0.25, 0.3) is 0 Å². The van der Waals surface area contributed by atoms with Crippen LogP contribution in [0.4, 0.5) is 5.69 Å². The van der Waals surface area contributed by atoms with Gasteiger partial charge >= 0.3 is 0 Å². The number of anilines is 1. The molecule has 0 unspecified atom stereocenters. The van der Waals surface area contributed by atoms with Gasteiger partial charge in [-0.05, 0) is 48.7 Å². The predicted octanol–water partition coefficient (Wildman–Crippen LogP) is 2.72. The molecule has 2 amide bonds. The average molecular weight is 448 g/mol. The number of piperazine rings is 1. The quantitative estimate of drug-likeness (QED) is 0.564. The number of pyridine rings is 1. The largest absolute Gasteiger partial charge is 0.494 e. The van der Waals surface area contributed by atoms with Crippen molar-refractivity contribution in [2.75, 3.05) is 38.1 Å². The van der Waals surface area contributed by atoms with E-state index in [0.29, 0.717) is 25.9 Å². The topological polar surface area (TPSA) is 79.2 Å². The van der Waals surface area contributed by atoms with Crippen LogP contribution in [0.1, 0.15) is 30.5 Å². The van der Waals surface area contributed by atoms with Crippen molar-refractivity contribution >= 4 is 23.1 Å². The molecule has 0 radical (unpaired) electrons. The van der Waals surface area contributed by atoms with E-state index in [1.807, 2.05) is 51.9 Å². The third kappa shape index (κ3) is 5.17. The third-order valence-electron chi connectivity index (χ3n) is 6.30. The number of imidazole rings is 1. The highest BCUT2D eigenvalue weighted by atomic mass is 16.5. The van der Waals surface area contributed by atoms with E-state index in [1.165, 1.54) is 0 Å². The molecule has 2 aliphatic heterocycles. The fraction of sp³-hybridized carbons (Fsp3) is 0.400. The highest BCUT2D eigenvalue weighted by Crippen LogP contribution is 2.27. The van der Waals surface area contributed by atoms with Crippen molar-refractivity contribution in [1.29, 1.82) is 0 Å². The molecule has 2 aliphatic rings. The molecule has 172 valence electrons. The highest BCUT2D eigenvalue weighted by molar-refractivity contribution is 5.94. The number of carbonyl (C=O) groups excluding carboxylic acids is 2. The van der Waals surface area contributed by atoms with E-state index in [-0.39, 0.29) is 11.8 Å². The number of benzene rings is 1. The normalized spacial score (nSPS) is 16.5. The lowest BCUT2D eigenvalue weighted by Gasteiger charge is -2.34. The van der Waals surface area contributed by atoms with Crippen molar-refractivity contribution in [3.8, 4) is 5.75 Å². The number of fused-ring (bicyclic) bond motifs is 2. The third-order valence-corrected chi connectivity index (χ3v) is 6.30. The number of aromatic nitrogens is 2. The zero-order valence-electron chi connectivity index (χ0n) is 18.7. The zero-order chi connectivity index (χ0) is 22.6. The van der Waals surface area contributed by atoms with Gasteiger partial charge in [-0.25, -0.2) is 4.98 Å². The van der Waals surface area contributed by atoms with Crippen LogP contribution in [-0.4, -0.2) is 63.8 Å². The van der Waals surface area contributed by atoms with E-state index >= 15 is 0 Å². The second-order valence-corrected chi connectivity index (χ2v) is 8.67. The van der Waals surface area contributed by atoms with Crippen LogP contribution >= 0.6 is 0 Å². The molecule has 2 aromatic heterocycles. The van der Waals surface area contributed by atoms with Crippen LogP contribution in [0, 0.1) is 0 Å². The maximum Gasteiger partial charge on any atom is 0.224 e. The minimum Gasteiger partial charge on any atom is -0.494 e. The first-order valence-corrected chi connectivity index (χ1v) is 11.6. The number of ether oxygens (including phenoxy) is 1. The first-order valence-electron chi connectivity index (χ1n) is 11.6. The Morgan fingerprint density at radius 1 is 1.09 bits per heavy atom. The van der Waals surface area contributed by atoms with Crippen molar-refractivity contribution < 1.29 is 14.3 Å².